The first-order valence-electron chi connectivity index (χ1n) is 9.53. The summed E-state index contributed by atoms with van der Waals surface area (Å²) in [4.78, 5) is 22.9. The van der Waals surface area contributed by atoms with Crippen LogP contribution in [0.2, 0.25) is 0 Å². The highest BCUT2D eigenvalue weighted by atomic mass is 19.4. The van der Waals surface area contributed by atoms with E-state index in [0.29, 0.717) is 29.5 Å². The summed E-state index contributed by atoms with van der Waals surface area (Å²) < 4.78 is 43.5. The molecule has 154 valence electrons. The van der Waals surface area contributed by atoms with Gasteiger partial charge in [0.25, 0.3) is 5.91 Å². The number of likely N-dealkylation sites (tertiary alicyclic amines) is 1. The third-order valence-corrected chi connectivity index (χ3v) is 5.48. The molecule has 2 aliphatic rings. The van der Waals surface area contributed by atoms with Crippen molar-refractivity contribution in [3.8, 4) is 11.6 Å². The lowest BCUT2D eigenvalue weighted by Crippen LogP contribution is -2.46. The number of fused-ring (bicyclic) bond motifs is 3. The number of rotatable bonds is 3. The third-order valence-electron chi connectivity index (χ3n) is 5.48. The fourth-order valence-electron chi connectivity index (χ4n) is 3.97. The average molecular weight is 414 g/mol. The first-order chi connectivity index (χ1) is 14.4. The number of piperazine rings is 1. The number of aromatic nitrogens is 2. The Morgan fingerprint density at radius 3 is 2.70 bits per heavy atom. The van der Waals surface area contributed by atoms with E-state index in [1.165, 1.54) is 6.07 Å². The van der Waals surface area contributed by atoms with Crippen LogP contribution in [0.4, 0.5) is 13.2 Å². The van der Waals surface area contributed by atoms with Crippen molar-refractivity contribution in [3.63, 3.8) is 0 Å². The van der Waals surface area contributed by atoms with Gasteiger partial charge in [-0.25, -0.2) is 9.97 Å². The van der Waals surface area contributed by atoms with Gasteiger partial charge in [-0.05, 0) is 36.8 Å². The smallest absolute Gasteiger partial charge is 0.417 e. The van der Waals surface area contributed by atoms with Crippen LogP contribution in [0.15, 0.2) is 48.7 Å². The number of pyridine rings is 2. The molecule has 1 amide bonds. The van der Waals surface area contributed by atoms with Crippen LogP contribution < -0.4 is 10.1 Å². The van der Waals surface area contributed by atoms with Gasteiger partial charge < -0.3 is 15.0 Å². The molecule has 6 nitrogen and oxygen atoms in total. The van der Waals surface area contributed by atoms with Crippen molar-refractivity contribution in [2.45, 2.75) is 24.7 Å². The number of benzene rings is 1. The molecule has 2 atom stereocenters. The molecule has 1 N–H and O–H groups in total. The Labute approximate surface area is 169 Å². The first kappa shape index (κ1) is 18.8. The van der Waals surface area contributed by atoms with E-state index in [9.17, 15) is 18.0 Å². The minimum absolute atomic E-state index is 0.0554. The lowest BCUT2D eigenvalue weighted by molar-refractivity contribution is -0.137. The highest BCUT2D eigenvalue weighted by Gasteiger charge is 2.40. The maximum atomic E-state index is 12.8. The molecular weight excluding hydrogens is 397 g/mol. The molecule has 2 fully saturated rings. The molecule has 3 aromatic rings. The maximum Gasteiger partial charge on any atom is 0.417 e. The van der Waals surface area contributed by atoms with Crippen LogP contribution in [-0.2, 0) is 6.18 Å². The molecule has 2 bridgehead atoms. The lowest BCUT2D eigenvalue weighted by Gasteiger charge is -2.27. The van der Waals surface area contributed by atoms with E-state index in [-0.39, 0.29) is 17.8 Å². The van der Waals surface area contributed by atoms with Gasteiger partial charge in [0, 0.05) is 42.8 Å². The molecule has 9 heteroatoms. The number of nitrogens with zero attached hydrogens (tertiary/aromatic N) is 3. The molecule has 5 rings (SSSR count). The van der Waals surface area contributed by atoms with Gasteiger partial charge in [0.15, 0.2) is 0 Å². The Morgan fingerprint density at radius 1 is 1.17 bits per heavy atom. The number of nitrogens with one attached hydrogen (secondary N) is 1. The predicted octanol–water partition coefficient (Wildman–Crippen LogP) is 3.63. The molecule has 0 saturated carbocycles. The van der Waals surface area contributed by atoms with E-state index in [2.05, 4.69) is 15.3 Å². The molecule has 30 heavy (non-hydrogen) atoms. The van der Waals surface area contributed by atoms with E-state index in [1.807, 2.05) is 4.90 Å². The fourth-order valence-corrected chi connectivity index (χ4v) is 3.97. The summed E-state index contributed by atoms with van der Waals surface area (Å²) in [5.41, 5.74) is 0.195. The standard InChI is InChI=1S/C21H17F3N4O2/c22-21(23,24)13-2-6-19(26-9-13)30-16-3-5-17-12(7-16)1-4-18(27-17)20(29)28-11-14-8-15(28)10-25-14/h1-7,9,14-15,25H,8,10-11H2. The molecule has 2 aliphatic heterocycles. The summed E-state index contributed by atoms with van der Waals surface area (Å²) in [7, 11) is 0. The second kappa shape index (κ2) is 6.94. The second-order valence-electron chi connectivity index (χ2n) is 7.49. The zero-order valence-corrected chi connectivity index (χ0v) is 15.7. The number of hydrogen-bond donors (Lipinski definition) is 1. The Morgan fingerprint density at radius 2 is 2.03 bits per heavy atom. The van der Waals surface area contributed by atoms with E-state index < -0.39 is 11.7 Å². The van der Waals surface area contributed by atoms with Crippen molar-refractivity contribution < 1.29 is 22.7 Å². The maximum absolute atomic E-state index is 12.8. The van der Waals surface area contributed by atoms with E-state index in [4.69, 9.17) is 4.74 Å². The number of hydrogen-bond acceptors (Lipinski definition) is 5. The first-order valence-corrected chi connectivity index (χ1v) is 9.53. The molecule has 2 aromatic heterocycles. The zero-order chi connectivity index (χ0) is 20.9. The predicted molar refractivity (Wildman–Crippen MR) is 102 cm³/mol. The quantitative estimate of drug-likeness (QED) is 0.709. The Balaban J connectivity index is 1.34. The van der Waals surface area contributed by atoms with Crippen molar-refractivity contribution in [2.24, 2.45) is 0 Å². The van der Waals surface area contributed by atoms with Crippen LogP contribution in [0.3, 0.4) is 0 Å². The van der Waals surface area contributed by atoms with Gasteiger partial charge in [0.1, 0.15) is 11.4 Å². The number of carbonyl (C=O) groups is 1. The van der Waals surface area contributed by atoms with Crippen molar-refractivity contribution in [1.82, 2.24) is 20.2 Å². The summed E-state index contributed by atoms with van der Waals surface area (Å²) in [6, 6.07) is 11.2. The van der Waals surface area contributed by atoms with Crippen LogP contribution >= 0.6 is 0 Å². The summed E-state index contributed by atoms with van der Waals surface area (Å²) in [6.45, 7) is 1.53. The highest BCUT2D eigenvalue weighted by molar-refractivity contribution is 5.95. The molecule has 0 spiro atoms. The molecule has 1 aromatic carbocycles. The lowest BCUT2D eigenvalue weighted by atomic mass is 10.1. The number of carbonyl (C=O) groups excluding carboxylic acids is 1. The van der Waals surface area contributed by atoms with Gasteiger partial charge in [-0.2, -0.15) is 13.2 Å². The fraction of sp³-hybridized carbons (Fsp3) is 0.286. The minimum atomic E-state index is -4.44. The summed E-state index contributed by atoms with van der Waals surface area (Å²) in [6.07, 6.45) is -2.73. The second-order valence-corrected chi connectivity index (χ2v) is 7.49. The largest absolute Gasteiger partial charge is 0.439 e. The van der Waals surface area contributed by atoms with Crippen LogP contribution in [0.5, 0.6) is 11.6 Å². The SMILES string of the molecule is O=C(c1ccc2cc(Oc3ccc(C(F)(F)F)cn3)ccc2n1)N1CC2CC1CN2. The Kier molecular flexibility index (Phi) is 4.35. The monoisotopic (exact) mass is 414 g/mol. The molecule has 0 radical (unpaired) electrons. The van der Waals surface area contributed by atoms with Gasteiger partial charge >= 0.3 is 6.18 Å². The number of halogens is 3. The Hall–Kier alpha value is -3.20. The highest BCUT2D eigenvalue weighted by Crippen LogP contribution is 2.31. The van der Waals surface area contributed by atoms with Gasteiger partial charge in [-0.15, -0.1) is 0 Å². The number of amides is 1. The Bertz CT molecular complexity index is 1120. The van der Waals surface area contributed by atoms with Gasteiger partial charge in [-0.1, -0.05) is 6.07 Å². The summed E-state index contributed by atoms with van der Waals surface area (Å²) >= 11 is 0. The molecule has 2 saturated heterocycles. The van der Waals surface area contributed by atoms with Gasteiger partial charge in [-0.3, -0.25) is 4.79 Å². The number of alkyl halides is 3. The number of ether oxygens (including phenoxy) is 1. The average Bonchev–Trinajstić information content (AvgIpc) is 3.36. The van der Waals surface area contributed by atoms with Crippen LogP contribution in [0.25, 0.3) is 10.9 Å². The van der Waals surface area contributed by atoms with Crippen LogP contribution in [0, 0.1) is 0 Å². The van der Waals surface area contributed by atoms with Crippen molar-refractivity contribution in [2.75, 3.05) is 13.1 Å². The summed E-state index contributed by atoms with van der Waals surface area (Å²) in [5, 5.41) is 4.12. The molecule has 2 unspecified atom stereocenters. The third kappa shape index (κ3) is 3.45. The van der Waals surface area contributed by atoms with Crippen molar-refractivity contribution in [3.05, 3.63) is 59.9 Å². The topological polar surface area (TPSA) is 67.3 Å². The molecule has 0 aliphatic carbocycles. The van der Waals surface area contributed by atoms with E-state index in [0.717, 1.165) is 30.6 Å². The van der Waals surface area contributed by atoms with Gasteiger partial charge in [0.05, 0.1) is 11.1 Å². The summed E-state index contributed by atoms with van der Waals surface area (Å²) in [5.74, 6) is 0.401. The van der Waals surface area contributed by atoms with E-state index in [1.54, 1.807) is 30.3 Å². The minimum Gasteiger partial charge on any atom is -0.439 e. The normalized spacial score (nSPS) is 20.7. The zero-order valence-electron chi connectivity index (χ0n) is 15.7. The van der Waals surface area contributed by atoms with E-state index >= 15 is 0 Å². The van der Waals surface area contributed by atoms with Gasteiger partial charge in [0.2, 0.25) is 5.88 Å². The van der Waals surface area contributed by atoms with Crippen molar-refractivity contribution >= 4 is 16.8 Å². The van der Waals surface area contributed by atoms with Crippen LogP contribution in [-0.4, -0.2) is 45.9 Å². The van der Waals surface area contributed by atoms with Crippen molar-refractivity contribution in [1.29, 1.82) is 0 Å². The molecular formula is C21H17F3N4O2. The molecule has 4 heterocycles. The van der Waals surface area contributed by atoms with Crippen LogP contribution in [0.1, 0.15) is 22.5 Å².